The Morgan fingerprint density at radius 3 is 2.95 bits per heavy atom. The molecule has 0 radical (unpaired) electrons. The summed E-state index contributed by atoms with van der Waals surface area (Å²) in [5.41, 5.74) is 1.30. The Morgan fingerprint density at radius 1 is 1.50 bits per heavy atom. The Bertz CT molecular complexity index is 444. The molecule has 5 heteroatoms. The maximum absolute atomic E-state index is 6.08. The van der Waals surface area contributed by atoms with Gasteiger partial charge >= 0.3 is 0 Å². The minimum absolute atomic E-state index is 0.209. The number of hydrogen-bond donors (Lipinski definition) is 1. The lowest BCUT2D eigenvalue weighted by Crippen LogP contribution is -2.48. The summed E-state index contributed by atoms with van der Waals surface area (Å²) in [5.74, 6) is 0.663. The molecular formula is C15H25N3OS. The van der Waals surface area contributed by atoms with E-state index in [0.717, 1.165) is 31.7 Å². The third kappa shape index (κ3) is 2.76. The van der Waals surface area contributed by atoms with E-state index in [9.17, 15) is 0 Å². The Morgan fingerprint density at radius 2 is 2.35 bits per heavy atom. The van der Waals surface area contributed by atoms with Crippen LogP contribution in [0, 0.1) is 12.8 Å². The third-order valence-electron chi connectivity index (χ3n) is 4.85. The van der Waals surface area contributed by atoms with Gasteiger partial charge in [0.2, 0.25) is 0 Å². The fourth-order valence-electron chi connectivity index (χ4n) is 3.57. The van der Waals surface area contributed by atoms with E-state index in [0.29, 0.717) is 12.0 Å². The van der Waals surface area contributed by atoms with Gasteiger partial charge in [-0.2, -0.15) is 0 Å². The molecule has 1 N–H and O–H groups in total. The molecule has 1 aliphatic carbocycles. The Balaban J connectivity index is 1.76. The highest BCUT2D eigenvalue weighted by molar-refractivity contribution is 7.05. The topological polar surface area (TPSA) is 47.0 Å². The molecule has 2 atom stereocenters. The zero-order chi connectivity index (χ0) is 14.0. The van der Waals surface area contributed by atoms with Gasteiger partial charge in [-0.25, -0.2) is 0 Å². The summed E-state index contributed by atoms with van der Waals surface area (Å²) in [6, 6.07) is 0.413. The average molecular weight is 295 g/mol. The fraction of sp³-hybridized carbons (Fsp3) is 0.867. The van der Waals surface area contributed by atoms with E-state index in [1.54, 1.807) is 11.5 Å². The van der Waals surface area contributed by atoms with Crippen molar-refractivity contribution in [2.75, 3.05) is 13.2 Å². The molecule has 2 heterocycles. The van der Waals surface area contributed by atoms with Gasteiger partial charge in [-0.1, -0.05) is 11.4 Å². The van der Waals surface area contributed by atoms with Gasteiger partial charge in [0, 0.05) is 12.6 Å². The van der Waals surface area contributed by atoms with E-state index in [-0.39, 0.29) is 5.60 Å². The molecular weight excluding hydrogens is 270 g/mol. The van der Waals surface area contributed by atoms with Crippen LogP contribution in [0.3, 0.4) is 0 Å². The van der Waals surface area contributed by atoms with Crippen LogP contribution in [0.15, 0.2) is 0 Å². The molecule has 4 nitrogen and oxygen atoms in total. The molecule has 1 aromatic heterocycles. The van der Waals surface area contributed by atoms with Gasteiger partial charge in [-0.3, -0.25) is 0 Å². The van der Waals surface area contributed by atoms with Crippen LogP contribution < -0.4 is 5.32 Å². The first-order chi connectivity index (χ1) is 9.74. The van der Waals surface area contributed by atoms with Gasteiger partial charge in [-0.05, 0) is 69.4 Å². The molecule has 2 unspecified atom stereocenters. The van der Waals surface area contributed by atoms with Crippen molar-refractivity contribution in [3.63, 3.8) is 0 Å². The van der Waals surface area contributed by atoms with Crippen molar-refractivity contribution < 1.29 is 4.74 Å². The number of nitrogens with one attached hydrogen (secondary N) is 1. The monoisotopic (exact) mass is 295 g/mol. The van der Waals surface area contributed by atoms with Crippen LogP contribution in [0.4, 0.5) is 0 Å². The number of rotatable bonds is 5. The molecule has 1 aliphatic heterocycles. The van der Waals surface area contributed by atoms with E-state index >= 15 is 0 Å². The number of aromatic nitrogens is 2. The molecule has 1 aromatic rings. The summed E-state index contributed by atoms with van der Waals surface area (Å²) in [5, 5.41) is 7.95. The van der Waals surface area contributed by atoms with Gasteiger partial charge in [0.25, 0.3) is 0 Å². The van der Waals surface area contributed by atoms with Gasteiger partial charge in [-0.15, -0.1) is 5.10 Å². The lowest BCUT2D eigenvalue weighted by atomic mass is 9.70. The summed E-state index contributed by atoms with van der Waals surface area (Å²) in [6.45, 7) is 6.28. The largest absolute Gasteiger partial charge is 0.375 e. The van der Waals surface area contributed by atoms with E-state index in [4.69, 9.17) is 4.74 Å². The lowest BCUT2D eigenvalue weighted by molar-refractivity contribution is -0.147. The molecule has 0 aromatic carbocycles. The van der Waals surface area contributed by atoms with E-state index in [1.807, 2.05) is 0 Å². The molecule has 20 heavy (non-hydrogen) atoms. The first kappa shape index (κ1) is 14.4. The molecule has 1 saturated heterocycles. The number of ether oxygens (including phenoxy) is 1. The van der Waals surface area contributed by atoms with Crippen molar-refractivity contribution in [2.24, 2.45) is 5.92 Å². The van der Waals surface area contributed by atoms with E-state index < -0.39 is 0 Å². The normalized spacial score (nSPS) is 26.4. The molecule has 2 fully saturated rings. The van der Waals surface area contributed by atoms with E-state index in [2.05, 4.69) is 28.8 Å². The van der Waals surface area contributed by atoms with Crippen molar-refractivity contribution in [3.8, 4) is 0 Å². The van der Waals surface area contributed by atoms with Crippen LogP contribution in [-0.4, -0.2) is 28.3 Å². The maximum atomic E-state index is 6.08. The van der Waals surface area contributed by atoms with Gasteiger partial charge in [0.1, 0.15) is 0 Å². The summed E-state index contributed by atoms with van der Waals surface area (Å²) >= 11 is 1.56. The fourth-order valence-corrected chi connectivity index (χ4v) is 4.38. The van der Waals surface area contributed by atoms with Crippen LogP contribution in [0.1, 0.15) is 62.1 Å². The quantitative estimate of drug-likeness (QED) is 0.906. The first-order valence-corrected chi connectivity index (χ1v) is 8.68. The van der Waals surface area contributed by atoms with Crippen molar-refractivity contribution in [1.29, 1.82) is 0 Å². The summed E-state index contributed by atoms with van der Waals surface area (Å²) in [4.78, 5) is 1.33. The van der Waals surface area contributed by atoms with Crippen molar-refractivity contribution >= 4 is 11.5 Å². The van der Waals surface area contributed by atoms with Crippen LogP contribution in [-0.2, 0) is 4.74 Å². The second-order valence-corrected chi connectivity index (χ2v) is 7.08. The summed E-state index contributed by atoms with van der Waals surface area (Å²) < 4.78 is 10.2. The molecule has 0 bridgehead atoms. The second kappa shape index (κ2) is 6.08. The van der Waals surface area contributed by atoms with Gasteiger partial charge in [0.15, 0.2) is 0 Å². The van der Waals surface area contributed by atoms with Crippen LogP contribution in [0.25, 0.3) is 0 Å². The zero-order valence-corrected chi connectivity index (χ0v) is 13.3. The van der Waals surface area contributed by atoms with E-state index in [1.165, 1.54) is 30.6 Å². The Hall–Kier alpha value is -0.520. The maximum Gasteiger partial charge on any atom is 0.0772 e. The molecule has 1 saturated carbocycles. The predicted molar refractivity (Wildman–Crippen MR) is 80.9 cm³/mol. The highest BCUT2D eigenvalue weighted by atomic mass is 32.1. The van der Waals surface area contributed by atoms with Crippen molar-refractivity contribution in [1.82, 2.24) is 14.9 Å². The minimum Gasteiger partial charge on any atom is -0.375 e. The summed E-state index contributed by atoms with van der Waals surface area (Å²) in [7, 11) is 0. The molecule has 2 aliphatic rings. The average Bonchev–Trinajstić information content (AvgIpc) is 2.84. The number of hydrogen-bond acceptors (Lipinski definition) is 5. The smallest absolute Gasteiger partial charge is 0.0772 e. The van der Waals surface area contributed by atoms with Crippen LogP contribution >= 0.6 is 11.5 Å². The van der Waals surface area contributed by atoms with Crippen LogP contribution in [0.2, 0.25) is 0 Å². The predicted octanol–water partition coefficient (Wildman–Crippen LogP) is 3.24. The Kier molecular flexibility index (Phi) is 4.38. The van der Waals surface area contributed by atoms with Crippen LogP contribution in [0.5, 0.6) is 0 Å². The molecule has 112 valence electrons. The molecule has 0 amide bonds. The SMILES string of the molecule is CCCNC(c1snnc1C)C1CCOC2(CCC2)C1. The Labute approximate surface area is 125 Å². The van der Waals surface area contributed by atoms with Gasteiger partial charge in [0.05, 0.1) is 16.2 Å². The molecule has 1 spiro atoms. The number of aryl methyl sites for hydroxylation is 1. The molecule has 3 rings (SSSR count). The highest BCUT2D eigenvalue weighted by Crippen LogP contribution is 2.47. The standard InChI is InChI=1S/C15H25N3OS/c1-3-8-16-13(14-11(2)17-18-20-14)12-5-9-19-15(10-12)6-4-7-15/h12-13,16H,3-10H2,1-2H3. The summed E-state index contributed by atoms with van der Waals surface area (Å²) in [6.07, 6.45) is 7.36. The second-order valence-electron chi connectivity index (χ2n) is 6.29. The van der Waals surface area contributed by atoms with Gasteiger partial charge < -0.3 is 10.1 Å². The first-order valence-electron chi connectivity index (χ1n) is 7.90. The zero-order valence-electron chi connectivity index (χ0n) is 12.5. The minimum atomic E-state index is 0.209. The lowest BCUT2D eigenvalue weighted by Gasteiger charge is -2.48. The van der Waals surface area contributed by atoms with Crippen molar-refractivity contribution in [2.45, 2.75) is 64.0 Å². The van der Waals surface area contributed by atoms with Crippen molar-refractivity contribution in [3.05, 3.63) is 10.6 Å². The highest BCUT2D eigenvalue weighted by Gasteiger charge is 2.44. The number of nitrogens with zero attached hydrogens (tertiary/aromatic N) is 2. The third-order valence-corrected chi connectivity index (χ3v) is 5.76.